The van der Waals surface area contributed by atoms with Crippen molar-refractivity contribution in [1.29, 1.82) is 0 Å². The van der Waals surface area contributed by atoms with Crippen molar-refractivity contribution in [2.24, 2.45) is 5.41 Å². The molecule has 5 nitrogen and oxygen atoms in total. The Bertz CT molecular complexity index is 446. The number of nitrogens with two attached hydrogens (primary N) is 1. The number of nitrogens with zero attached hydrogens (tertiary/aromatic N) is 1. The summed E-state index contributed by atoms with van der Waals surface area (Å²) >= 11 is 0. The molecule has 0 saturated heterocycles. The molecule has 1 amide bonds. The Balaban J connectivity index is 1.95. The van der Waals surface area contributed by atoms with Crippen LogP contribution >= 0.6 is 0 Å². The lowest BCUT2D eigenvalue weighted by atomic mass is 9.76. The average molecular weight is 264 g/mol. The minimum Gasteiger partial charge on any atom is -0.395 e. The summed E-state index contributed by atoms with van der Waals surface area (Å²) in [7, 11) is 0. The number of aromatic amines is 1. The summed E-state index contributed by atoms with van der Waals surface area (Å²) in [4.78, 5) is 12.1. The van der Waals surface area contributed by atoms with E-state index in [-0.39, 0.29) is 11.3 Å². The largest absolute Gasteiger partial charge is 0.395 e. The van der Waals surface area contributed by atoms with E-state index in [9.17, 15) is 4.79 Å². The number of amides is 1. The number of nitrogens with one attached hydrogen (secondary N) is 2. The van der Waals surface area contributed by atoms with Crippen molar-refractivity contribution in [2.75, 3.05) is 12.3 Å². The maximum Gasteiger partial charge on any atom is 0.273 e. The lowest BCUT2D eigenvalue weighted by Crippen LogP contribution is -2.37. The Hall–Kier alpha value is -1.52. The van der Waals surface area contributed by atoms with Crippen molar-refractivity contribution < 1.29 is 4.79 Å². The van der Waals surface area contributed by atoms with Crippen LogP contribution in [0.5, 0.6) is 0 Å². The molecule has 19 heavy (non-hydrogen) atoms. The van der Waals surface area contributed by atoms with Gasteiger partial charge in [-0.15, -0.1) is 0 Å². The van der Waals surface area contributed by atoms with Crippen LogP contribution in [0.3, 0.4) is 0 Å². The minimum atomic E-state index is -0.166. The minimum absolute atomic E-state index is 0.166. The quantitative estimate of drug-likeness (QED) is 0.780. The number of anilines is 1. The van der Waals surface area contributed by atoms with Gasteiger partial charge in [-0.1, -0.05) is 33.1 Å². The molecule has 1 aliphatic carbocycles. The van der Waals surface area contributed by atoms with Crippen LogP contribution in [0.25, 0.3) is 0 Å². The van der Waals surface area contributed by atoms with Crippen LogP contribution in [0, 0.1) is 5.41 Å². The number of hydrogen-bond donors (Lipinski definition) is 3. The van der Waals surface area contributed by atoms with Gasteiger partial charge >= 0.3 is 0 Å². The van der Waals surface area contributed by atoms with E-state index in [1.54, 1.807) is 0 Å². The number of carbonyl (C=O) groups is 1. The molecule has 1 aliphatic rings. The smallest absolute Gasteiger partial charge is 0.273 e. The second-order valence-corrected chi connectivity index (χ2v) is 5.87. The molecule has 5 heteroatoms. The van der Waals surface area contributed by atoms with E-state index in [4.69, 9.17) is 5.73 Å². The normalized spacial score (nSPS) is 18.2. The van der Waals surface area contributed by atoms with Crippen molar-refractivity contribution in [3.8, 4) is 0 Å². The number of rotatable bonds is 4. The molecule has 0 aliphatic heterocycles. The van der Waals surface area contributed by atoms with Gasteiger partial charge in [0.1, 0.15) is 0 Å². The predicted octanol–water partition coefficient (Wildman–Crippen LogP) is 2.25. The van der Waals surface area contributed by atoms with Crippen LogP contribution in [0.4, 0.5) is 5.69 Å². The van der Waals surface area contributed by atoms with Gasteiger partial charge in [0.15, 0.2) is 5.69 Å². The van der Waals surface area contributed by atoms with Crippen LogP contribution < -0.4 is 11.1 Å². The summed E-state index contributed by atoms with van der Waals surface area (Å²) in [6.07, 6.45) is 6.96. The molecular weight excluding hydrogens is 240 g/mol. The third-order valence-electron chi connectivity index (χ3n) is 4.19. The van der Waals surface area contributed by atoms with Gasteiger partial charge in [-0.25, -0.2) is 0 Å². The van der Waals surface area contributed by atoms with Crippen LogP contribution in [0.15, 0.2) is 0 Å². The highest BCUT2D eigenvalue weighted by molar-refractivity contribution is 5.97. The first kappa shape index (κ1) is 13.9. The van der Waals surface area contributed by atoms with Crippen molar-refractivity contribution >= 4 is 11.6 Å². The Morgan fingerprint density at radius 2 is 2.11 bits per heavy atom. The number of H-pyrrole nitrogens is 1. The van der Waals surface area contributed by atoms with Crippen molar-refractivity contribution in [2.45, 2.75) is 52.4 Å². The lowest BCUT2D eigenvalue weighted by molar-refractivity contribution is 0.0915. The summed E-state index contributed by atoms with van der Waals surface area (Å²) in [6, 6.07) is 0. The highest BCUT2D eigenvalue weighted by atomic mass is 16.1. The lowest BCUT2D eigenvalue weighted by Gasteiger charge is -2.33. The molecule has 0 unspecified atom stereocenters. The SMILES string of the molecule is CCc1[nH]nc(C(=O)NCC2(C)CCCCC2)c1N. The fraction of sp³-hybridized carbons (Fsp3) is 0.714. The fourth-order valence-electron chi connectivity index (χ4n) is 2.79. The van der Waals surface area contributed by atoms with Crippen molar-refractivity contribution in [3.05, 3.63) is 11.4 Å². The third kappa shape index (κ3) is 3.08. The Kier molecular flexibility index (Phi) is 4.12. The van der Waals surface area contributed by atoms with Crippen LogP contribution in [0.1, 0.15) is 62.1 Å². The van der Waals surface area contributed by atoms with Gasteiger partial charge in [0, 0.05) is 6.54 Å². The monoisotopic (exact) mass is 264 g/mol. The molecular formula is C14H24N4O. The van der Waals surface area contributed by atoms with Crippen LogP contribution in [0.2, 0.25) is 0 Å². The molecule has 1 aromatic rings. The number of hydrogen-bond acceptors (Lipinski definition) is 3. The zero-order valence-corrected chi connectivity index (χ0v) is 11.9. The van der Waals surface area contributed by atoms with Gasteiger partial charge in [-0.3, -0.25) is 9.89 Å². The molecule has 4 N–H and O–H groups in total. The van der Waals surface area contributed by atoms with E-state index in [1.165, 1.54) is 32.1 Å². The molecule has 0 radical (unpaired) electrons. The van der Waals surface area contributed by atoms with Crippen molar-refractivity contribution in [1.82, 2.24) is 15.5 Å². The highest BCUT2D eigenvalue weighted by Crippen LogP contribution is 2.35. The first-order valence-corrected chi connectivity index (χ1v) is 7.16. The first-order valence-electron chi connectivity index (χ1n) is 7.16. The molecule has 0 atom stereocenters. The number of carbonyl (C=O) groups excluding carboxylic acids is 1. The number of aryl methyl sites for hydroxylation is 1. The summed E-state index contributed by atoms with van der Waals surface area (Å²) < 4.78 is 0. The molecule has 1 aromatic heterocycles. The summed E-state index contributed by atoms with van der Waals surface area (Å²) in [6.45, 7) is 4.94. The third-order valence-corrected chi connectivity index (χ3v) is 4.19. The second kappa shape index (κ2) is 5.63. The van der Waals surface area contributed by atoms with Gasteiger partial charge in [0.2, 0.25) is 0 Å². The maximum absolute atomic E-state index is 12.1. The summed E-state index contributed by atoms with van der Waals surface area (Å²) in [5.41, 5.74) is 7.77. The molecule has 0 bridgehead atoms. The molecule has 1 heterocycles. The molecule has 1 saturated carbocycles. The van der Waals surface area contributed by atoms with Gasteiger partial charge in [-0.05, 0) is 24.7 Å². The molecule has 1 fully saturated rings. The number of nitrogen functional groups attached to an aromatic ring is 1. The molecule has 106 valence electrons. The average Bonchev–Trinajstić information content (AvgIpc) is 2.78. The van der Waals surface area contributed by atoms with E-state index >= 15 is 0 Å². The molecule has 0 aromatic carbocycles. The van der Waals surface area contributed by atoms with E-state index in [2.05, 4.69) is 22.4 Å². The summed E-state index contributed by atoms with van der Waals surface area (Å²) in [5, 5.41) is 9.81. The molecule has 0 spiro atoms. The second-order valence-electron chi connectivity index (χ2n) is 5.87. The standard InChI is InChI=1S/C14H24N4O/c1-3-10-11(15)12(18-17-10)13(19)16-9-14(2)7-5-4-6-8-14/h3-9,15H2,1-2H3,(H,16,19)(H,17,18). The van der Waals surface area contributed by atoms with Crippen LogP contribution in [-0.2, 0) is 6.42 Å². The van der Waals surface area contributed by atoms with Gasteiger partial charge < -0.3 is 11.1 Å². The highest BCUT2D eigenvalue weighted by Gasteiger charge is 2.28. The summed E-state index contributed by atoms with van der Waals surface area (Å²) in [5.74, 6) is -0.166. The topological polar surface area (TPSA) is 83.8 Å². The predicted molar refractivity (Wildman–Crippen MR) is 75.9 cm³/mol. The van der Waals surface area contributed by atoms with E-state index in [0.29, 0.717) is 17.9 Å². The zero-order valence-electron chi connectivity index (χ0n) is 11.9. The van der Waals surface area contributed by atoms with E-state index in [0.717, 1.165) is 12.1 Å². The first-order chi connectivity index (χ1) is 9.06. The van der Waals surface area contributed by atoms with Crippen LogP contribution in [-0.4, -0.2) is 22.6 Å². The van der Waals surface area contributed by atoms with E-state index < -0.39 is 0 Å². The van der Waals surface area contributed by atoms with E-state index in [1.807, 2.05) is 6.92 Å². The van der Waals surface area contributed by atoms with Gasteiger partial charge in [0.25, 0.3) is 5.91 Å². The van der Waals surface area contributed by atoms with Gasteiger partial charge in [-0.2, -0.15) is 5.10 Å². The zero-order chi connectivity index (χ0) is 13.9. The number of aromatic nitrogens is 2. The van der Waals surface area contributed by atoms with Crippen molar-refractivity contribution in [3.63, 3.8) is 0 Å². The Morgan fingerprint density at radius 3 is 2.68 bits per heavy atom. The Labute approximate surface area is 114 Å². The van der Waals surface area contributed by atoms with Gasteiger partial charge in [0.05, 0.1) is 11.4 Å². The fourth-order valence-corrected chi connectivity index (χ4v) is 2.79. The Morgan fingerprint density at radius 1 is 1.42 bits per heavy atom. The maximum atomic E-state index is 12.1. The molecule has 2 rings (SSSR count).